The number of carbonyl (C=O) groups is 1. The predicted molar refractivity (Wildman–Crippen MR) is 72.8 cm³/mol. The minimum atomic E-state index is -0.357. The molecule has 0 aliphatic heterocycles. The van der Waals surface area contributed by atoms with E-state index in [2.05, 4.69) is 31.0 Å². The van der Waals surface area contributed by atoms with Crippen LogP contribution in [-0.2, 0) is 4.79 Å². The van der Waals surface area contributed by atoms with Crippen molar-refractivity contribution >= 4 is 5.91 Å². The molecule has 4 heteroatoms. The summed E-state index contributed by atoms with van der Waals surface area (Å²) in [7, 11) is 4.07. The molecular formula is C13H29N3O. The molecule has 102 valence electrons. The van der Waals surface area contributed by atoms with Gasteiger partial charge in [0, 0.05) is 12.6 Å². The first-order valence-electron chi connectivity index (χ1n) is 6.59. The summed E-state index contributed by atoms with van der Waals surface area (Å²) in [5, 5.41) is 2.95. The summed E-state index contributed by atoms with van der Waals surface area (Å²) < 4.78 is 0. The van der Waals surface area contributed by atoms with Crippen LogP contribution in [0.15, 0.2) is 0 Å². The molecule has 0 spiro atoms. The van der Waals surface area contributed by atoms with Crippen LogP contribution < -0.4 is 11.1 Å². The van der Waals surface area contributed by atoms with E-state index in [9.17, 15) is 4.79 Å². The molecule has 17 heavy (non-hydrogen) atoms. The number of unbranched alkanes of at least 4 members (excludes halogenated alkanes) is 1. The molecule has 0 bridgehead atoms. The van der Waals surface area contributed by atoms with Gasteiger partial charge in [-0.05, 0) is 26.4 Å². The lowest BCUT2D eigenvalue weighted by Gasteiger charge is -2.28. The molecule has 0 aromatic rings. The van der Waals surface area contributed by atoms with Gasteiger partial charge in [0.05, 0.1) is 6.04 Å². The second kappa shape index (κ2) is 8.48. The van der Waals surface area contributed by atoms with E-state index in [1.165, 1.54) is 0 Å². The molecule has 0 radical (unpaired) electrons. The first-order valence-corrected chi connectivity index (χ1v) is 6.59. The minimum absolute atomic E-state index is 0.0223. The van der Waals surface area contributed by atoms with Gasteiger partial charge in [-0.2, -0.15) is 0 Å². The molecule has 1 amide bonds. The maximum atomic E-state index is 11.7. The molecule has 4 nitrogen and oxygen atoms in total. The second-order valence-electron chi connectivity index (χ2n) is 5.27. The van der Waals surface area contributed by atoms with Crippen LogP contribution in [0.25, 0.3) is 0 Å². The summed E-state index contributed by atoms with van der Waals surface area (Å²) >= 11 is 0. The number of hydrogen-bond acceptors (Lipinski definition) is 3. The molecule has 0 saturated carbocycles. The number of nitrogens with one attached hydrogen (secondary N) is 1. The Morgan fingerprint density at radius 3 is 2.35 bits per heavy atom. The van der Waals surface area contributed by atoms with Crippen molar-refractivity contribution in [3.05, 3.63) is 0 Å². The summed E-state index contributed by atoms with van der Waals surface area (Å²) in [6.45, 7) is 7.09. The van der Waals surface area contributed by atoms with Gasteiger partial charge in [0.2, 0.25) is 5.91 Å². The smallest absolute Gasteiger partial charge is 0.236 e. The van der Waals surface area contributed by atoms with Gasteiger partial charge in [0.1, 0.15) is 0 Å². The number of nitrogens with zero attached hydrogens (tertiary/aromatic N) is 1. The third-order valence-corrected chi connectivity index (χ3v) is 3.12. The van der Waals surface area contributed by atoms with Gasteiger partial charge in [-0.3, -0.25) is 4.79 Å². The second-order valence-corrected chi connectivity index (χ2v) is 5.27. The average Bonchev–Trinajstić information content (AvgIpc) is 2.24. The highest BCUT2D eigenvalue weighted by atomic mass is 16.2. The molecule has 1 unspecified atom stereocenters. The topological polar surface area (TPSA) is 58.4 Å². The van der Waals surface area contributed by atoms with E-state index in [4.69, 9.17) is 5.73 Å². The van der Waals surface area contributed by atoms with Crippen LogP contribution in [0.3, 0.4) is 0 Å². The minimum Gasteiger partial charge on any atom is -0.353 e. The van der Waals surface area contributed by atoms with Crippen molar-refractivity contribution in [3.8, 4) is 0 Å². The largest absolute Gasteiger partial charge is 0.353 e. The highest BCUT2D eigenvalue weighted by Crippen LogP contribution is 2.06. The van der Waals surface area contributed by atoms with Gasteiger partial charge in [-0.15, -0.1) is 0 Å². The number of nitrogens with two attached hydrogens (primary N) is 1. The Kier molecular flexibility index (Phi) is 8.17. The van der Waals surface area contributed by atoms with Gasteiger partial charge in [-0.1, -0.05) is 33.6 Å². The molecule has 0 saturated heterocycles. The Balaban J connectivity index is 4.03. The monoisotopic (exact) mass is 243 g/mol. The van der Waals surface area contributed by atoms with Crippen molar-refractivity contribution in [2.75, 3.05) is 20.6 Å². The van der Waals surface area contributed by atoms with Crippen molar-refractivity contribution in [2.45, 2.75) is 52.1 Å². The number of hydrogen-bond donors (Lipinski definition) is 2. The number of rotatable bonds is 8. The van der Waals surface area contributed by atoms with E-state index in [1.807, 2.05) is 14.1 Å². The average molecular weight is 243 g/mol. The first kappa shape index (κ1) is 16.4. The predicted octanol–water partition coefficient (Wildman–Crippen LogP) is 1.21. The fourth-order valence-corrected chi connectivity index (χ4v) is 1.91. The lowest BCUT2D eigenvalue weighted by atomic mass is 10.0. The molecule has 0 aromatic heterocycles. The van der Waals surface area contributed by atoms with Gasteiger partial charge in [0.15, 0.2) is 0 Å². The summed E-state index contributed by atoms with van der Waals surface area (Å²) in [5.41, 5.74) is 5.82. The SMILES string of the molecule is CCCC[C@H](N)C(=O)NCC(C(C)C)N(C)C. The van der Waals surface area contributed by atoms with Crippen molar-refractivity contribution in [3.63, 3.8) is 0 Å². The van der Waals surface area contributed by atoms with Crippen LogP contribution in [0, 0.1) is 5.92 Å². The van der Waals surface area contributed by atoms with Crippen LogP contribution in [0.4, 0.5) is 0 Å². The van der Waals surface area contributed by atoms with E-state index in [1.54, 1.807) is 0 Å². The Hall–Kier alpha value is -0.610. The molecule has 3 N–H and O–H groups in total. The van der Waals surface area contributed by atoms with E-state index >= 15 is 0 Å². The number of amides is 1. The van der Waals surface area contributed by atoms with E-state index in [-0.39, 0.29) is 11.9 Å². The zero-order valence-electron chi connectivity index (χ0n) is 12.0. The van der Waals surface area contributed by atoms with Gasteiger partial charge in [0.25, 0.3) is 0 Å². The van der Waals surface area contributed by atoms with E-state index < -0.39 is 0 Å². The lowest BCUT2D eigenvalue weighted by Crippen LogP contribution is -2.48. The molecule has 0 aliphatic rings. The number of likely N-dealkylation sites (N-methyl/N-ethyl adjacent to an activating group) is 1. The number of carbonyl (C=O) groups excluding carboxylic acids is 1. The molecule has 0 aromatic carbocycles. The van der Waals surface area contributed by atoms with Crippen LogP contribution in [-0.4, -0.2) is 43.5 Å². The molecule has 0 aliphatic carbocycles. The van der Waals surface area contributed by atoms with Gasteiger partial charge in [-0.25, -0.2) is 0 Å². The van der Waals surface area contributed by atoms with Crippen molar-refractivity contribution in [1.29, 1.82) is 0 Å². The standard InChI is InChI=1S/C13H29N3O/c1-6-7-8-11(14)13(17)15-9-12(10(2)3)16(4)5/h10-12H,6-9,14H2,1-5H3,(H,15,17)/t11-,12?/m0/s1. The van der Waals surface area contributed by atoms with Crippen LogP contribution in [0.5, 0.6) is 0 Å². The van der Waals surface area contributed by atoms with Crippen LogP contribution >= 0.6 is 0 Å². The summed E-state index contributed by atoms with van der Waals surface area (Å²) in [4.78, 5) is 13.9. The fourth-order valence-electron chi connectivity index (χ4n) is 1.91. The Labute approximate surface area is 106 Å². The highest BCUT2D eigenvalue weighted by molar-refractivity contribution is 5.81. The normalized spacial score (nSPS) is 15.1. The summed E-state index contributed by atoms with van der Waals surface area (Å²) in [5.74, 6) is 0.489. The van der Waals surface area contributed by atoms with Crippen molar-refractivity contribution in [1.82, 2.24) is 10.2 Å². The zero-order chi connectivity index (χ0) is 13.4. The maximum Gasteiger partial charge on any atom is 0.236 e. The lowest BCUT2D eigenvalue weighted by molar-refractivity contribution is -0.122. The molecular weight excluding hydrogens is 214 g/mol. The van der Waals surface area contributed by atoms with Crippen LogP contribution in [0.1, 0.15) is 40.0 Å². The summed E-state index contributed by atoms with van der Waals surface area (Å²) in [6.07, 6.45) is 2.86. The Morgan fingerprint density at radius 1 is 1.35 bits per heavy atom. The fraction of sp³-hybridized carbons (Fsp3) is 0.923. The van der Waals surface area contributed by atoms with E-state index in [0.717, 1.165) is 19.3 Å². The van der Waals surface area contributed by atoms with Crippen LogP contribution in [0.2, 0.25) is 0 Å². The quantitative estimate of drug-likeness (QED) is 0.673. The Bertz CT molecular complexity index is 209. The molecule has 0 heterocycles. The van der Waals surface area contributed by atoms with Crippen molar-refractivity contribution < 1.29 is 4.79 Å². The third kappa shape index (κ3) is 6.64. The van der Waals surface area contributed by atoms with Gasteiger partial charge >= 0.3 is 0 Å². The Morgan fingerprint density at radius 2 is 1.94 bits per heavy atom. The summed E-state index contributed by atoms with van der Waals surface area (Å²) in [6, 6.07) is 0.00208. The van der Waals surface area contributed by atoms with E-state index in [0.29, 0.717) is 18.5 Å². The third-order valence-electron chi connectivity index (χ3n) is 3.12. The van der Waals surface area contributed by atoms with Crippen molar-refractivity contribution in [2.24, 2.45) is 11.7 Å². The first-order chi connectivity index (χ1) is 7.90. The molecule has 0 rings (SSSR count). The molecule has 2 atom stereocenters. The highest BCUT2D eigenvalue weighted by Gasteiger charge is 2.18. The maximum absolute atomic E-state index is 11.7. The zero-order valence-corrected chi connectivity index (χ0v) is 12.0. The molecule has 0 fully saturated rings. The van der Waals surface area contributed by atoms with Gasteiger partial charge < -0.3 is 16.0 Å².